The van der Waals surface area contributed by atoms with E-state index in [1.54, 1.807) is 11.3 Å². The lowest BCUT2D eigenvalue weighted by molar-refractivity contribution is 0.0898. The molecule has 3 heteroatoms. The van der Waals surface area contributed by atoms with Crippen molar-refractivity contribution in [2.24, 2.45) is 0 Å². The van der Waals surface area contributed by atoms with Gasteiger partial charge >= 0.3 is 0 Å². The smallest absolute Gasteiger partial charge is 0.186 e. The maximum absolute atomic E-state index is 12.2. The summed E-state index contributed by atoms with van der Waals surface area (Å²) in [6.07, 6.45) is 3.45. The number of aryl methyl sites for hydroxylation is 1. The van der Waals surface area contributed by atoms with Crippen LogP contribution in [0.15, 0.2) is 12.1 Å². The van der Waals surface area contributed by atoms with Crippen molar-refractivity contribution < 1.29 is 4.79 Å². The van der Waals surface area contributed by atoms with Crippen molar-refractivity contribution in [1.82, 2.24) is 4.90 Å². The molecule has 0 N–H and O–H groups in total. The summed E-state index contributed by atoms with van der Waals surface area (Å²) in [5, 5.41) is 0. The van der Waals surface area contributed by atoms with E-state index in [2.05, 4.69) is 25.7 Å². The first kappa shape index (κ1) is 15.4. The van der Waals surface area contributed by atoms with Gasteiger partial charge in [-0.3, -0.25) is 9.69 Å². The molecule has 1 rings (SSSR count). The van der Waals surface area contributed by atoms with E-state index in [0.29, 0.717) is 12.6 Å². The van der Waals surface area contributed by atoms with Crippen LogP contribution in [0.5, 0.6) is 0 Å². The third-order valence-corrected chi connectivity index (χ3v) is 4.42. The molecule has 1 aromatic rings. The van der Waals surface area contributed by atoms with E-state index < -0.39 is 0 Å². The first-order valence-electron chi connectivity index (χ1n) is 6.92. The molecule has 1 aromatic heterocycles. The van der Waals surface area contributed by atoms with Crippen LogP contribution in [-0.4, -0.2) is 29.8 Å². The van der Waals surface area contributed by atoms with Crippen LogP contribution in [0.2, 0.25) is 0 Å². The number of unbranched alkanes of at least 4 members (excludes halogenated alkanes) is 1. The lowest BCUT2D eigenvalue weighted by atomic mass is 10.1. The number of carbonyl (C=O) groups excluding carboxylic acids is 1. The van der Waals surface area contributed by atoms with Crippen LogP contribution in [0.25, 0.3) is 0 Å². The molecule has 0 amide bonds. The fourth-order valence-electron chi connectivity index (χ4n) is 1.92. The molecule has 0 radical (unpaired) electrons. The number of thiophene rings is 1. The Labute approximate surface area is 115 Å². The normalized spacial score (nSPS) is 12.9. The molecule has 0 aliphatic carbocycles. The molecule has 102 valence electrons. The number of ketones is 1. The van der Waals surface area contributed by atoms with Crippen LogP contribution < -0.4 is 0 Å². The van der Waals surface area contributed by atoms with Crippen molar-refractivity contribution >= 4 is 17.1 Å². The van der Waals surface area contributed by atoms with Crippen LogP contribution in [0, 0.1) is 6.92 Å². The maximum Gasteiger partial charge on any atom is 0.186 e. The Balaban J connectivity index is 2.61. The quantitative estimate of drug-likeness (QED) is 0.660. The highest BCUT2D eigenvalue weighted by molar-refractivity contribution is 7.14. The molecule has 1 unspecified atom stereocenters. The van der Waals surface area contributed by atoms with E-state index in [1.807, 2.05) is 19.1 Å². The van der Waals surface area contributed by atoms with Gasteiger partial charge in [0.25, 0.3) is 0 Å². The molecule has 1 atom stereocenters. The Morgan fingerprint density at radius 1 is 1.39 bits per heavy atom. The van der Waals surface area contributed by atoms with Crippen LogP contribution in [-0.2, 0) is 0 Å². The number of hydrogen-bond donors (Lipinski definition) is 0. The lowest BCUT2D eigenvalue weighted by Crippen LogP contribution is -2.37. The largest absolute Gasteiger partial charge is 0.293 e. The fraction of sp³-hybridized carbons (Fsp3) is 0.667. The van der Waals surface area contributed by atoms with Gasteiger partial charge < -0.3 is 0 Å². The SMILES string of the molecule is CCCCN(CC(=O)c1ccc(C)s1)C(C)CC. The minimum Gasteiger partial charge on any atom is -0.293 e. The third kappa shape index (κ3) is 4.54. The number of hydrogen-bond acceptors (Lipinski definition) is 3. The molecule has 0 fully saturated rings. The zero-order chi connectivity index (χ0) is 13.5. The van der Waals surface area contributed by atoms with Crippen molar-refractivity contribution in [1.29, 1.82) is 0 Å². The van der Waals surface area contributed by atoms with Crippen molar-refractivity contribution in [3.8, 4) is 0 Å². The number of nitrogens with zero attached hydrogens (tertiary/aromatic N) is 1. The van der Waals surface area contributed by atoms with E-state index in [1.165, 1.54) is 17.7 Å². The zero-order valence-electron chi connectivity index (χ0n) is 12.0. The highest BCUT2D eigenvalue weighted by Crippen LogP contribution is 2.17. The summed E-state index contributed by atoms with van der Waals surface area (Å²) in [5.41, 5.74) is 0. The molecule has 0 aromatic carbocycles. The predicted molar refractivity (Wildman–Crippen MR) is 79.6 cm³/mol. The molecular weight excluding hydrogens is 242 g/mol. The van der Waals surface area contributed by atoms with Gasteiger partial charge in [0.15, 0.2) is 5.78 Å². The van der Waals surface area contributed by atoms with Crippen LogP contribution in [0.3, 0.4) is 0 Å². The molecule has 18 heavy (non-hydrogen) atoms. The van der Waals surface area contributed by atoms with E-state index in [0.717, 1.165) is 17.8 Å². The minimum atomic E-state index is 0.268. The summed E-state index contributed by atoms with van der Waals surface area (Å²) in [7, 11) is 0. The number of rotatable bonds is 8. The maximum atomic E-state index is 12.2. The molecule has 1 heterocycles. The van der Waals surface area contributed by atoms with Crippen molar-refractivity contribution in [3.05, 3.63) is 21.9 Å². The zero-order valence-corrected chi connectivity index (χ0v) is 12.8. The molecule has 0 aliphatic heterocycles. The topological polar surface area (TPSA) is 20.3 Å². The Kier molecular flexibility index (Phi) is 6.58. The van der Waals surface area contributed by atoms with Gasteiger partial charge in [-0.05, 0) is 45.4 Å². The van der Waals surface area contributed by atoms with Gasteiger partial charge in [-0.2, -0.15) is 0 Å². The van der Waals surface area contributed by atoms with Crippen molar-refractivity contribution in [2.45, 2.75) is 53.0 Å². The fourth-order valence-corrected chi connectivity index (χ4v) is 2.72. The molecule has 0 spiro atoms. The summed E-state index contributed by atoms with van der Waals surface area (Å²) in [6.45, 7) is 10.2. The lowest BCUT2D eigenvalue weighted by Gasteiger charge is -2.27. The van der Waals surface area contributed by atoms with E-state index in [-0.39, 0.29) is 5.78 Å². The second-order valence-electron chi connectivity index (χ2n) is 4.91. The second kappa shape index (κ2) is 7.70. The van der Waals surface area contributed by atoms with E-state index >= 15 is 0 Å². The molecule has 0 saturated heterocycles. The predicted octanol–water partition coefficient (Wildman–Crippen LogP) is 4.14. The summed E-state index contributed by atoms with van der Waals surface area (Å²) < 4.78 is 0. The van der Waals surface area contributed by atoms with Gasteiger partial charge in [-0.25, -0.2) is 0 Å². The van der Waals surface area contributed by atoms with Gasteiger partial charge in [0, 0.05) is 10.9 Å². The van der Waals surface area contributed by atoms with E-state index in [4.69, 9.17) is 0 Å². The number of Topliss-reactive ketones (excluding diaryl/α,β-unsaturated/α-hetero) is 1. The van der Waals surface area contributed by atoms with Gasteiger partial charge in [0.1, 0.15) is 0 Å². The Morgan fingerprint density at radius 2 is 2.11 bits per heavy atom. The first-order valence-corrected chi connectivity index (χ1v) is 7.73. The highest BCUT2D eigenvalue weighted by Gasteiger charge is 2.17. The Bertz CT molecular complexity index is 372. The highest BCUT2D eigenvalue weighted by atomic mass is 32.1. The Morgan fingerprint density at radius 3 is 2.61 bits per heavy atom. The molecule has 0 saturated carbocycles. The summed E-state index contributed by atoms with van der Waals surface area (Å²) in [5.74, 6) is 0.268. The average Bonchev–Trinajstić information content (AvgIpc) is 2.80. The van der Waals surface area contributed by atoms with Crippen LogP contribution in [0.4, 0.5) is 0 Å². The summed E-state index contributed by atoms with van der Waals surface area (Å²) in [4.78, 5) is 16.7. The average molecular weight is 267 g/mol. The Hall–Kier alpha value is -0.670. The van der Waals surface area contributed by atoms with Crippen molar-refractivity contribution in [3.63, 3.8) is 0 Å². The minimum absolute atomic E-state index is 0.268. The summed E-state index contributed by atoms with van der Waals surface area (Å²) in [6, 6.07) is 4.47. The first-order chi connectivity index (χ1) is 8.58. The van der Waals surface area contributed by atoms with Crippen molar-refractivity contribution in [2.75, 3.05) is 13.1 Å². The van der Waals surface area contributed by atoms with Gasteiger partial charge in [0.05, 0.1) is 11.4 Å². The van der Waals surface area contributed by atoms with Crippen LogP contribution in [0.1, 0.15) is 54.6 Å². The van der Waals surface area contributed by atoms with E-state index in [9.17, 15) is 4.79 Å². The monoisotopic (exact) mass is 267 g/mol. The molecule has 0 bridgehead atoms. The molecule has 0 aliphatic rings. The number of carbonyl (C=O) groups is 1. The van der Waals surface area contributed by atoms with Gasteiger partial charge in [0.2, 0.25) is 0 Å². The second-order valence-corrected chi connectivity index (χ2v) is 6.20. The molecular formula is C15H25NOS. The van der Waals surface area contributed by atoms with Gasteiger partial charge in [-0.15, -0.1) is 11.3 Å². The van der Waals surface area contributed by atoms with Crippen LogP contribution >= 0.6 is 11.3 Å². The standard InChI is InChI=1S/C15H25NOS/c1-5-7-10-16(12(3)6-2)11-14(17)15-9-8-13(4)18-15/h8-9,12H,5-7,10-11H2,1-4H3. The molecule has 2 nitrogen and oxygen atoms in total. The summed E-state index contributed by atoms with van der Waals surface area (Å²) >= 11 is 1.60. The third-order valence-electron chi connectivity index (χ3n) is 3.37. The van der Waals surface area contributed by atoms with Gasteiger partial charge in [-0.1, -0.05) is 20.3 Å².